The number of hydrogen-bond donors (Lipinski definition) is 3. The van der Waals surface area contributed by atoms with Crippen LogP contribution in [0.2, 0.25) is 0 Å². The molecule has 2 saturated heterocycles. The number of fused-ring (bicyclic) bond motifs is 1. The van der Waals surface area contributed by atoms with Gasteiger partial charge in [0.25, 0.3) is 11.5 Å². The lowest BCUT2D eigenvalue weighted by Crippen LogP contribution is -2.41. The van der Waals surface area contributed by atoms with Crippen molar-refractivity contribution in [3.8, 4) is 57.0 Å². The average Bonchev–Trinajstić information content (AvgIpc) is 1.51. The number of methoxy groups -OCH3 is 2. The molecule has 0 spiro atoms. The maximum absolute atomic E-state index is 13.0. The van der Waals surface area contributed by atoms with Crippen LogP contribution in [0.3, 0.4) is 0 Å². The molecule has 11 rings (SSSR count). The average molecular weight is 1240 g/mol. The molecule has 20 nitrogen and oxygen atoms in total. The smallest absolute Gasteiger partial charge is 0.410 e. The second-order valence-electron chi connectivity index (χ2n) is 25.8. The van der Waals surface area contributed by atoms with Crippen LogP contribution in [0.15, 0.2) is 108 Å². The molecule has 2 aliphatic heterocycles. The van der Waals surface area contributed by atoms with E-state index < -0.39 is 22.7 Å². The minimum atomic E-state index is -0.819. The number of benzene rings is 4. The number of likely N-dealkylation sites (tertiary alicyclic amines) is 2. The van der Waals surface area contributed by atoms with E-state index in [-0.39, 0.29) is 35.4 Å². The van der Waals surface area contributed by atoms with Crippen LogP contribution in [-0.4, -0.2) is 114 Å². The molecule has 2 saturated carbocycles. The van der Waals surface area contributed by atoms with E-state index in [1.54, 1.807) is 24.0 Å². The Kier molecular flexibility index (Phi) is 20.1. The van der Waals surface area contributed by atoms with E-state index in [1.165, 1.54) is 6.07 Å². The van der Waals surface area contributed by atoms with Crippen LogP contribution in [0, 0.1) is 11.8 Å². The van der Waals surface area contributed by atoms with Crippen molar-refractivity contribution in [2.24, 2.45) is 17.6 Å². The summed E-state index contributed by atoms with van der Waals surface area (Å²) in [6.45, 7) is 15.0. The molecule has 0 atom stereocenters. The Morgan fingerprint density at radius 2 is 1.00 bits per heavy atom. The van der Waals surface area contributed by atoms with E-state index in [0.29, 0.717) is 152 Å². The lowest BCUT2D eigenvalue weighted by atomic mass is 9.86. The minimum absolute atomic E-state index is 0.0113. The van der Waals surface area contributed by atoms with Crippen molar-refractivity contribution in [3.63, 3.8) is 0 Å². The zero-order valence-corrected chi connectivity index (χ0v) is 53.3. The Labute approximate surface area is 530 Å². The van der Waals surface area contributed by atoms with Gasteiger partial charge in [-0.1, -0.05) is 36.4 Å². The van der Waals surface area contributed by atoms with E-state index in [9.17, 15) is 24.0 Å². The van der Waals surface area contributed by atoms with E-state index in [1.807, 2.05) is 139 Å². The Bertz CT molecular complexity index is 3800. The van der Waals surface area contributed by atoms with Gasteiger partial charge in [0, 0.05) is 31.6 Å². The van der Waals surface area contributed by atoms with Crippen molar-refractivity contribution >= 4 is 41.2 Å². The maximum atomic E-state index is 13.0. The molecule has 20 heteroatoms. The summed E-state index contributed by atoms with van der Waals surface area (Å²) in [4.78, 5) is 78.7. The first-order valence-electron chi connectivity index (χ1n) is 31.3. The van der Waals surface area contributed by atoms with Crippen LogP contribution in [0.5, 0.6) is 34.5 Å². The number of nitrogens with zero attached hydrogens (tertiary/aromatic N) is 4. The van der Waals surface area contributed by atoms with Gasteiger partial charge in [-0.3, -0.25) is 14.4 Å². The van der Waals surface area contributed by atoms with Gasteiger partial charge in [-0.05, 0) is 206 Å². The Morgan fingerprint density at radius 1 is 0.582 bits per heavy atom. The number of nitrogens with two attached hydrogens (primary N) is 2. The number of aromatic amines is 1. The quantitative estimate of drug-likeness (QED) is 0.0599. The van der Waals surface area contributed by atoms with Gasteiger partial charge in [-0.15, -0.1) is 0 Å². The zero-order chi connectivity index (χ0) is 64.6. The van der Waals surface area contributed by atoms with Gasteiger partial charge in [-0.2, -0.15) is 0 Å². The highest BCUT2D eigenvalue weighted by Gasteiger charge is 2.33. The van der Waals surface area contributed by atoms with E-state index in [2.05, 4.69) is 9.97 Å². The minimum Gasteiger partial charge on any atom is -0.497 e. The third-order valence-electron chi connectivity index (χ3n) is 16.5. The number of primary amides is 1. The summed E-state index contributed by atoms with van der Waals surface area (Å²) in [5.74, 6) is 4.43. The third kappa shape index (κ3) is 16.7. The molecule has 4 aromatic carbocycles. The van der Waals surface area contributed by atoms with Crippen molar-refractivity contribution in [1.29, 1.82) is 0 Å². The third-order valence-corrected chi connectivity index (χ3v) is 16.5. The number of carbonyl (C=O) groups is 4. The molecule has 3 aromatic heterocycles. The number of ether oxygens (including phenoxy) is 8. The highest BCUT2D eigenvalue weighted by Crippen LogP contribution is 2.45. The molecule has 4 aliphatic rings. The number of rotatable bonds is 20. The van der Waals surface area contributed by atoms with Crippen molar-refractivity contribution in [3.05, 3.63) is 147 Å². The second-order valence-corrected chi connectivity index (χ2v) is 25.8. The number of carbonyl (C=O) groups excluding carboxylic acids is 4. The highest BCUT2D eigenvalue weighted by molar-refractivity contribution is 5.97. The number of hydrogen-bond acceptors (Lipinski definition) is 16. The summed E-state index contributed by atoms with van der Waals surface area (Å²) in [5, 5.41) is 0.625. The Hall–Kier alpha value is -9.33. The first-order valence-corrected chi connectivity index (χ1v) is 31.3. The number of pyridine rings is 3. The molecule has 4 fully saturated rings. The van der Waals surface area contributed by atoms with Crippen LogP contribution in [0.1, 0.15) is 148 Å². The fourth-order valence-electron chi connectivity index (χ4n) is 11.2. The molecule has 480 valence electrons. The lowest BCUT2D eigenvalue weighted by molar-refractivity contribution is 0.0194. The Balaban J connectivity index is 0.000000201. The maximum Gasteiger partial charge on any atom is 0.410 e. The van der Waals surface area contributed by atoms with Gasteiger partial charge in [-0.25, -0.2) is 19.6 Å². The molecular formula is C71H83N7O13. The molecular weight excluding hydrogens is 1160 g/mol. The predicted octanol–water partition coefficient (Wildman–Crippen LogP) is 12.8. The molecule has 0 bridgehead atoms. The first-order chi connectivity index (χ1) is 43.6. The molecule has 7 aromatic rings. The summed E-state index contributed by atoms with van der Waals surface area (Å²) in [5.41, 5.74) is 17.0. The van der Waals surface area contributed by atoms with Gasteiger partial charge in [0.1, 0.15) is 75.9 Å². The second kappa shape index (κ2) is 28.2. The van der Waals surface area contributed by atoms with Crippen molar-refractivity contribution in [1.82, 2.24) is 24.8 Å². The normalized spacial score (nSPS) is 15.4. The molecule has 91 heavy (non-hydrogen) atoms. The number of aromatic nitrogens is 3. The van der Waals surface area contributed by atoms with Crippen LogP contribution in [0.4, 0.5) is 15.4 Å². The molecule has 0 unspecified atom stereocenters. The zero-order valence-electron chi connectivity index (χ0n) is 53.3. The van der Waals surface area contributed by atoms with Gasteiger partial charge in [0.2, 0.25) is 0 Å². The number of amides is 3. The fraction of sp³-hybridized carbons (Fsp3) is 0.423. The van der Waals surface area contributed by atoms with E-state index in [4.69, 9.17) is 54.3 Å². The SMILES string of the molecule is COc1ccc(COc2cccc(OCC3CC3)c2-c2cc(C3CCN(C(=O)OC(C)(C)C)CC3)c(C=O)c(N)n2)cc1.COc1ccc(COc2cccc(OCC3CC3)c2-c2cc(C3CCN(C(=O)OC(C)(C)C)CC3)c3cc(C(N)=O)c(=O)[nH]c3n2)cc1. The largest absolute Gasteiger partial charge is 0.497 e. The summed E-state index contributed by atoms with van der Waals surface area (Å²) < 4.78 is 47.2. The number of anilines is 1. The highest BCUT2D eigenvalue weighted by atomic mass is 16.6. The lowest BCUT2D eigenvalue weighted by Gasteiger charge is -2.34. The Morgan fingerprint density at radius 3 is 1.41 bits per heavy atom. The van der Waals surface area contributed by atoms with Gasteiger partial charge >= 0.3 is 12.2 Å². The van der Waals surface area contributed by atoms with Gasteiger partial charge < -0.3 is 64.1 Å². The number of piperidine rings is 2. The summed E-state index contributed by atoms with van der Waals surface area (Å²) >= 11 is 0. The molecule has 5 heterocycles. The molecule has 2 aliphatic carbocycles. The summed E-state index contributed by atoms with van der Waals surface area (Å²) in [6, 6.07) is 32.2. The predicted molar refractivity (Wildman–Crippen MR) is 346 cm³/mol. The van der Waals surface area contributed by atoms with E-state index >= 15 is 0 Å². The van der Waals surface area contributed by atoms with Crippen LogP contribution in [-0.2, 0) is 22.7 Å². The summed E-state index contributed by atoms with van der Waals surface area (Å²) in [6.07, 6.45) is 7.32. The summed E-state index contributed by atoms with van der Waals surface area (Å²) in [7, 11) is 3.26. The van der Waals surface area contributed by atoms with Crippen molar-refractivity contribution in [2.75, 3.05) is 59.3 Å². The topological polar surface area (TPSA) is 259 Å². The standard InChI is InChI=1S/C37H42N4O7.C34H41N3O6/c1-37(2,3)48-36(44)41-16-14-24(15-17-41)26-19-29(39-34-27(26)18-28(33(38)42)35(43)40-34)32-30(46-20-22-8-9-22)6-5-7-31(32)47-21-23-10-12-25(45-4)13-11-23;1-34(2,3)43-33(39)37-16-14-24(15-17-37)26-18-28(36-32(35)27(26)19-38)31-29(41-20-22-8-9-22)6-5-7-30(31)42-21-23-10-12-25(40-4)13-11-23/h5-7,10-13,18-19,22,24H,8-9,14-17,20-21H2,1-4H3,(H2,38,42)(H,39,40,43);5-7,10-13,18-19,22,24H,8-9,14-17,20-21H2,1-4H3,(H2,35,36). The molecule has 5 N–H and O–H groups in total. The van der Waals surface area contributed by atoms with Crippen molar-refractivity contribution in [2.45, 2.75) is 129 Å². The van der Waals surface area contributed by atoms with Gasteiger partial charge in [0.15, 0.2) is 6.29 Å². The van der Waals surface area contributed by atoms with Crippen LogP contribution in [0.25, 0.3) is 33.5 Å². The monoisotopic (exact) mass is 1240 g/mol. The number of nitrogens with one attached hydrogen (secondary N) is 1. The van der Waals surface area contributed by atoms with E-state index in [0.717, 1.165) is 65.7 Å². The van der Waals surface area contributed by atoms with Crippen LogP contribution < -0.4 is 45.4 Å². The number of H-pyrrole nitrogens is 1. The van der Waals surface area contributed by atoms with Crippen molar-refractivity contribution < 1.29 is 57.1 Å². The van der Waals surface area contributed by atoms with Gasteiger partial charge in [0.05, 0.1) is 55.5 Å². The fourth-order valence-corrected chi connectivity index (χ4v) is 11.2. The first kappa shape index (κ1) is 64.6. The molecule has 0 radical (unpaired) electrons. The number of nitrogen functional groups attached to an aromatic ring is 1. The molecule has 3 amide bonds. The number of aldehydes is 1. The van der Waals surface area contributed by atoms with Crippen LogP contribution >= 0.6 is 0 Å².